The van der Waals surface area contributed by atoms with Gasteiger partial charge in [-0.15, -0.1) is 0 Å². The summed E-state index contributed by atoms with van der Waals surface area (Å²) in [5.41, 5.74) is 1.28. The zero-order chi connectivity index (χ0) is 13.1. The van der Waals surface area contributed by atoms with Gasteiger partial charge in [0.1, 0.15) is 0 Å². The highest BCUT2D eigenvalue weighted by atomic mass is 14.9. The minimum absolute atomic E-state index is 0.824. The molecule has 19 heavy (non-hydrogen) atoms. The summed E-state index contributed by atoms with van der Waals surface area (Å²) in [6.07, 6.45) is 10.1. The van der Waals surface area contributed by atoms with Crippen LogP contribution in [0.25, 0.3) is 0 Å². The SMILES string of the molecule is CC1CCC(CNC2CC2)C(Cc2ccccn2)C1. The van der Waals surface area contributed by atoms with Gasteiger partial charge in [-0.2, -0.15) is 0 Å². The highest BCUT2D eigenvalue weighted by Crippen LogP contribution is 2.35. The molecule has 1 aromatic heterocycles. The van der Waals surface area contributed by atoms with Gasteiger partial charge in [0.25, 0.3) is 0 Å². The van der Waals surface area contributed by atoms with Crippen molar-refractivity contribution in [2.45, 2.75) is 51.5 Å². The van der Waals surface area contributed by atoms with Crippen molar-refractivity contribution >= 4 is 0 Å². The van der Waals surface area contributed by atoms with Crippen molar-refractivity contribution in [1.82, 2.24) is 10.3 Å². The third kappa shape index (κ3) is 3.79. The molecule has 0 aromatic carbocycles. The van der Waals surface area contributed by atoms with Crippen LogP contribution in [0.3, 0.4) is 0 Å². The van der Waals surface area contributed by atoms with Crippen LogP contribution in [0, 0.1) is 17.8 Å². The Hall–Kier alpha value is -0.890. The summed E-state index contributed by atoms with van der Waals surface area (Å²) < 4.78 is 0. The van der Waals surface area contributed by atoms with Crippen LogP contribution in [0.15, 0.2) is 24.4 Å². The predicted molar refractivity (Wildman–Crippen MR) is 79.0 cm³/mol. The van der Waals surface area contributed by atoms with E-state index in [2.05, 4.69) is 29.4 Å². The molecule has 2 fully saturated rings. The monoisotopic (exact) mass is 258 g/mol. The zero-order valence-electron chi connectivity index (χ0n) is 12.0. The van der Waals surface area contributed by atoms with Gasteiger partial charge in [-0.1, -0.05) is 19.4 Å². The molecule has 3 unspecified atom stereocenters. The van der Waals surface area contributed by atoms with Gasteiger partial charge in [0.05, 0.1) is 0 Å². The Morgan fingerprint density at radius 2 is 2.05 bits per heavy atom. The van der Waals surface area contributed by atoms with E-state index in [4.69, 9.17) is 0 Å². The van der Waals surface area contributed by atoms with E-state index in [9.17, 15) is 0 Å². The number of nitrogens with one attached hydrogen (secondary N) is 1. The topological polar surface area (TPSA) is 24.9 Å². The van der Waals surface area contributed by atoms with Crippen LogP contribution in [0.5, 0.6) is 0 Å². The maximum absolute atomic E-state index is 4.52. The molecule has 2 aliphatic carbocycles. The van der Waals surface area contributed by atoms with Gasteiger partial charge in [0.2, 0.25) is 0 Å². The van der Waals surface area contributed by atoms with Gasteiger partial charge in [-0.05, 0) is 68.5 Å². The largest absolute Gasteiger partial charge is 0.314 e. The fourth-order valence-electron chi connectivity index (χ4n) is 3.47. The molecule has 3 atom stereocenters. The van der Waals surface area contributed by atoms with E-state index < -0.39 is 0 Å². The van der Waals surface area contributed by atoms with Crippen LogP contribution in [-0.4, -0.2) is 17.6 Å². The fourth-order valence-corrected chi connectivity index (χ4v) is 3.47. The van der Waals surface area contributed by atoms with Crippen LogP contribution in [-0.2, 0) is 6.42 Å². The second-order valence-electron chi connectivity index (χ2n) is 6.65. The standard InChI is InChI=1S/C17H26N2/c1-13-5-6-14(12-19-16-7-8-16)15(10-13)11-17-4-2-3-9-18-17/h2-4,9,13-16,19H,5-8,10-12H2,1H3. The molecule has 1 heterocycles. The molecule has 0 bridgehead atoms. The number of hydrogen-bond donors (Lipinski definition) is 1. The van der Waals surface area contributed by atoms with E-state index in [1.54, 1.807) is 0 Å². The summed E-state index contributed by atoms with van der Waals surface area (Å²) in [6.45, 7) is 3.64. The minimum Gasteiger partial charge on any atom is -0.314 e. The van der Waals surface area contributed by atoms with E-state index in [1.807, 2.05) is 12.3 Å². The van der Waals surface area contributed by atoms with Crippen molar-refractivity contribution in [3.8, 4) is 0 Å². The molecule has 2 saturated carbocycles. The van der Waals surface area contributed by atoms with Crippen LogP contribution in [0.1, 0.15) is 44.7 Å². The van der Waals surface area contributed by atoms with Crippen molar-refractivity contribution in [1.29, 1.82) is 0 Å². The number of rotatable bonds is 5. The van der Waals surface area contributed by atoms with E-state index >= 15 is 0 Å². The maximum atomic E-state index is 4.52. The first kappa shape index (κ1) is 13.1. The third-order valence-corrected chi connectivity index (χ3v) is 4.85. The normalized spacial score (nSPS) is 31.3. The molecule has 0 amide bonds. The smallest absolute Gasteiger partial charge is 0.0406 e. The Balaban J connectivity index is 1.59. The van der Waals surface area contributed by atoms with Crippen molar-refractivity contribution in [3.05, 3.63) is 30.1 Å². The molecule has 0 radical (unpaired) electrons. The molecule has 2 heteroatoms. The number of hydrogen-bond acceptors (Lipinski definition) is 2. The molecule has 104 valence electrons. The minimum atomic E-state index is 0.824. The molecule has 0 aliphatic heterocycles. The summed E-state index contributed by atoms with van der Waals surface area (Å²) >= 11 is 0. The van der Waals surface area contributed by atoms with Crippen LogP contribution in [0.4, 0.5) is 0 Å². The van der Waals surface area contributed by atoms with Gasteiger partial charge < -0.3 is 5.32 Å². The average Bonchev–Trinajstić information content (AvgIpc) is 3.23. The van der Waals surface area contributed by atoms with Crippen LogP contribution < -0.4 is 5.32 Å². The number of pyridine rings is 1. The van der Waals surface area contributed by atoms with Crippen molar-refractivity contribution in [2.75, 3.05) is 6.54 Å². The van der Waals surface area contributed by atoms with Crippen molar-refractivity contribution < 1.29 is 0 Å². The lowest BCUT2D eigenvalue weighted by Crippen LogP contribution is -2.34. The van der Waals surface area contributed by atoms with Crippen LogP contribution >= 0.6 is 0 Å². The Morgan fingerprint density at radius 3 is 2.79 bits per heavy atom. The molecule has 1 aromatic rings. The van der Waals surface area contributed by atoms with Gasteiger partial charge in [0.15, 0.2) is 0 Å². The Bertz CT molecular complexity index is 386. The van der Waals surface area contributed by atoms with Crippen molar-refractivity contribution in [2.24, 2.45) is 17.8 Å². The molecule has 0 saturated heterocycles. The fraction of sp³-hybridized carbons (Fsp3) is 0.706. The number of aromatic nitrogens is 1. The average molecular weight is 258 g/mol. The number of nitrogens with zero attached hydrogens (tertiary/aromatic N) is 1. The molecule has 0 spiro atoms. The lowest BCUT2D eigenvalue weighted by molar-refractivity contribution is 0.182. The molecular weight excluding hydrogens is 232 g/mol. The molecule has 2 aliphatic rings. The Morgan fingerprint density at radius 1 is 1.16 bits per heavy atom. The van der Waals surface area contributed by atoms with Gasteiger partial charge in [-0.25, -0.2) is 0 Å². The quantitative estimate of drug-likeness (QED) is 0.875. The summed E-state index contributed by atoms with van der Waals surface area (Å²) in [6, 6.07) is 7.16. The van der Waals surface area contributed by atoms with Gasteiger partial charge in [-0.3, -0.25) is 4.98 Å². The summed E-state index contributed by atoms with van der Waals surface area (Å²) in [5.74, 6) is 2.58. The molecule has 2 nitrogen and oxygen atoms in total. The lowest BCUT2D eigenvalue weighted by Gasteiger charge is -2.35. The first-order chi connectivity index (χ1) is 9.31. The lowest BCUT2D eigenvalue weighted by atomic mass is 9.72. The summed E-state index contributed by atoms with van der Waals surface area (Å²) in [4.78, 5) is 4.52. The van der Waals surface area contributed by atoms with Crippen LogP contribution in [0.2, 0.25) is 0 Å². The zero-order valence-corrected chi connectivity index (χ0v) is 12.0. The van der Waals surface area contributed by atoms with E-state index in [-0.39, 0.29) is 0 Å². The first-order valence-electron chi connectivity index (χ1n) is 7.94. The predicted octanol–water partition coefficient (Wildman–Crippen LogP) is 3.43. The molecule has 3 rings (SSSR count). The first-order valence-corrected chi connectivity index (χ1v) is 7.94. The maximum Gasteiger partial charge on any atom is 0.0406 e. The molecular formula is C17H26N2. The molecule has 1 N–H and O–H groups in total. The Kier molecular flexibility index (Phi) is 4.17. The van der Waals surface area contributed by atoms with E-state index in [0.717, 1.165) is 23.8 Å². The second kappa shape index (κ2) is 6.04. The highest BCUT2D eigenvalue weighted by molar-refractivity contribution is 5.05. The Labute approximate surface area is 117 Å². The van der Waals surface area contributed by atoms with E-state index in [0.29, 0.717) is 0 Å². The van der Waals surface area contributed by atoms with Gasteiger partial charge >= 0.3 is 0 Å². The third-order valence-electron chi connectivity index (χ3n) is 4.85. The summed E-state index contributed by atoms with van der Waals surface area (Å²) in [7, 11) is 0. The summed E-state index contributed by atoms with van der Waals surface area (Å²) in [5, 5.41) is 3.74. The van der Waals surface area contributed by atoms with E-state index in [1.165, 1.54) is 50.8 Å². The van der Waals surface area contributed by atoms with Gasteiger partial charge in [0, 0.05) is 17.9 Å². The second-order valence-corrected chi connectivity index (χ2v) is 6.65. The highest BCUT2D eigenvalue weighted by Gasteiger charge is 2.30. The van der Waals surface area contributed by atoms with Crippen molar-refractivity contribution in [3.63, 3.8) is 0 Å².